The van der Waals surface area contributed by atoms with Crippen molar-refractivity contribution in [3.8, 4) is 0 Å². The molecule has 3 heteroatoms. The number of nitrogens with one attached hydrogen (secondary N) is 1. The van der Waals surface area contributed by atoms with Crippen LogP contribution in [-0.4, -0.2) is 19.0 Å². The lowest BCUT2D eigenvalue weighted by molar-refractivity contribution is -0.130. The van der Waals surface area contributed by atoms with Crippen molar-refractivity contribution in [3.63, 3.8) is 0 Å². The molecule has 0 aliphatic heterocycles. The standard InChI is InChI=1S/C15H30N2O/c1-6-11(3)13(17-5)12-7-10(2)8-15(4,9-12)14(16)18/h10-13,17H,6-9H2,1-5H3,(H2,16,18). The number of nitrogens with two attached hydrogens (primary N) is 1. The van der Waals surface area contributed by atoms with Gasteiger partial charge in [0, 0.05) is 11.5 Å². The van der Waals surface area contributed by atoms with Crippen LogP contribution in [0.4, 0.5) is 0 Å². The van der Waals surface area contributed by atoms with E-state index in [1.54, 1.807) is 0 Å². The molecule has 1 aliphatic rings. The fraction of sp³-hybridized carbons (Fsp3) is 0.933. The summed E-state index contributed by atoms with van der Waals surface area (Å²) >= 11 is 0. The molecule has 0 bridgehead atoms. The van der Waals surface area contributed by atoms with Crippen molar-refractivity contribution in [2.24, 2.45) is 28.9 Å². The van der Waals surface area contributed by atoms with Crippen molar-refractivity contribution in [2.75, 3.05) is 7.05 Å². The van der Waals surface area contributed by atoms with Crippen molar-refractivity contribution in [3.05, 3.63) is 0 Å². The Morgan fingerprint density at radius 1 is 1.50 bits per heavy atom. The molecule has 0 spiro atoms. The zero-order valence-electron chi connectivity index (χ0n) is 12.6. The number of hydrogen-bond acceptors (Lipinski definition) is 2. The Morgan fingerprint density at radius 2 is 2.11 bits per heavy atom. The van der Waals surface area contributed by atoms with E-state index in [4.69, 9.17) is 5.73 Å². The number of amides is 1. The monoisotopic (exact) mass is 254 g/mol. The molecule has 0 aromatic heterocycles. The number of rotatable bonds is 5. The van der Waals surface area contributed by atoms with Gasteiger partial charge >= 0.3 is 0 Å². The fourth-order valence-corrected chi connectivity index (χ4v) is 3.83. The molecule has 0 aromatic carbocycles. The normalized spacial score (nSPS) is 36.1. The number of carbonyl (C=O) groups is 1. The highest BCUT2D eigenvalue weighted by Crippen LogP contribution is 2.44. The molecule has 3 nitrogen and oxygen atoms in total. The van der Waals surface area contributed by atoms with Gasteiger partial charge in [0.15, 0.2) is 0 Å². The molecule has 0 radical (unpaired) electrons. The van der Waals surface area contributed by atoms with E-state index in [1.807, 2.05) is 14.0 Å². The van der Waals surface area contributed by atoms with Gasteiger partial charge in [0.1, 0.15) is 0 Å². The summed E-state index contributed by atoms with van der Waals surface area (Å²) in [5.74, 6) is 1.66. The molecule has 1 fully saturated rings. The van der Waals surface area contributed by atoms with Gasteiger partial charge in [0.25, 0.3) is 0 Å². The second-order valence-electron chi connectivity index (χ2n) is 6.63. The van der Waals surface area contributed by atoms with Crippen LogP contribution in [0.1, 0.15) is 53.4 Å². The Kier molecular flexibility index (Phi) is 5.20. The lowest BCUT2D eigenvalue weighted by Crippen LogP contribution is -2.48. The van der Waals surface area contributed by atoms with E-state index in [0.717, 1.165) is 12.8 Å². The maximum absolute atomic E-state index is 11.7. The first-order valence-corrected chi connectivity index (χ1v) is 7.31. The third kappa shape index (κ3) is 3.25. The van der Waals surface area contributed by atoms with E-state index in [9.17, 15) is 4.79 Å². The molecule has 0 aromatic rings. The van der Waals surface area contributed by atoms with E-state index in [1.165, 1.54) is 12.8 Å². The van der Waals surface area contributed by atoms with Gasteiger partial charge in [-0.1, -0.05) is 34.1 Å². The number of primary amides is 1. The summed E-state index contributed by atoms with van der Waals surface area (Å²) in [7, 11) is 2.04. The molecular weight excluding hydrogens is 224 g/mol. The predicted molar refractivity (Wildman–Crippen MR) is 76.1 cm³/mol. The Balaban J connectivity index is 2.85. The van der Waals surface area contributed by atoms with Crippen LogP contribution in [0, 0.1) is 23.2 Å². The number of carbonyl (C=O) groups excluding carboxylic acids is 1. The maximum Gasteiger partial charge on any atom is 0.223 e. The quantitative estimate of drug-likeness (QED) is 0.792. The van der Waals surface area contributed by atoms with Crippen molar-refractivity contribution in [1.82, 2.24) is 5.32 Å². The lowest BCUT2D eigenvalue weighted by Gasteiger charge is -2.43. The minimum atomic E-state index is -0.315. The Labute approximate surface area is 112 Å². The maximum atomic E-state index is 11.7. The fourth-order valence-electron chi connectivity index (χ4n) is 3.83. The van der Waals surface area contributed by atoms with Gasteiger partial charge in [0.2, 0.25) is 5.91 Å². The van der Waals surface area contributed by atoms with Crippen molar-refractivity contribution in [1.29, 1.82) is 0 Å². The minimum Gasteiger partial charge on any atom is -0.369 e. The van der Waals surface area contributed by atoms with Crippen molar-refractivity contribution < 1.29 is 4.79 Å². The minimum absolute atomic E-state index is 0.127. The third-order valence-corrected chi connectivity index (χ3v) is 4.91. The van der Waals surface area contributed by atoms with Gasteiger partial charge in [-0.25, -0.2) is 0 Å². The summed E-state index contributed by atoms with van der Waals surface area (Å²) in [6, 6.07) is 0.497. The van der Waals surface area contributed by atoms with Gasteiger partial charge in [-0.3, -0.25) is 4.79 Å². The van der Waals surface area contributed by atoms with Crippen molar-refractivity contribution in [2.45, 2.75) is 59.4 Å². The Hall–Kier alpha value is -0.570. The van der Waals surface area contributed by atoms with Gasteiger partial charge in [0.05, 0.1) is 0 Å². The van der Waals surface area contributed by atoms with Gasteiger partial charge < -0.3 is 11.1 Å². The van der Waals surface area contributed by atoms with E-state index in [2.05, 4.69) is 26.1 Å². The average molecular weight is 254 g/mol. The molecule has 5 atom stereocenters. The highest BCUT2D eigenvalue weighted by Gasteiger charge is 2.42. The molecule has 106 valence electrons. The van der Waals surface area contributed by atoms with Crippen LogP contribution >= 0.6 is 0 Å². The first kappa shape index (κ1) is 15.5. The average Bonchev–Trinajstić information content (AvgIpc) is 2.28. The van der Waals surface area contributed by atoms with Crippen LogP contribution in [0.5, 0.6) is 0 Å². The summed E-state index contributed by atoms with van der Waals surface area (Å²) < 4.78 is 0. The van der Waals surface area contributed by atoms with Crippen molar-refractivity contribution >= 4 is 5.91 Å². The zero-order chi connectivity index (χ0) is 13.9. The highest BCUT2D eigenvalue weighted by molar-refractivity contribution is 5.80. The van der Waals surface area contributed by atoms with E-state index in [0.29, 0.717) is 23.8 Å². The van der Waals surface area contributed by atoms with Crippen LogP contribution in [-0.2, 0) is 4.79 Å². The molecule has 5 unspecified atom stereocenters. The van der Waals surface area contributed by atoms with Gasteiger partial charge in [-0.05, 0) is 44.1 Å². The summed E-state index contributed by atoms with van der Waals surface area (Å²) in [5.41, 5.74) is 5.30. The second-order valence-corrected chi connectivity index (χ2v) is 6.63. The van der Waals surface area contributed by atoms with E-state index >= 15 is 0 Å². The lowest BCUT2D eigenvalue weighted by atomic mass is 9.63. The molecule has 1 aliphatic carbocycles. The zero-order valence-corrected chi connectivity index (χ0v) is 12.6. The largest absolute Gasteiger partial charge is 0.369 e. The Morgan fingerprint density at radius 3 is 2.56 bits per heavy atom. The SMILES string of the molecule is CCC(C)C(NC)C1CC(C)CC(C)(C(N)=O)C1. The topological polar surface area (TPSA) is 55.1 Å². The molecule has 18 heavy (non-hydrogen) atoms. The Bertz CT molecular complexity index is 292. The third-order valence-electron chi connectivity index (χ3n) is 4.91. The summed E-state index contributed by atoms with van der Waals surface area (Å²) in [6.07, 6.45) is 4.25. The first-order valence-electron chi connectivity index (χ1n) is 7.31. The van der Waals surface area contributed by atoms with Crippen LogP contribution in [0.2, 0.25) is 0 Å². The number of hydrogen-bond donors (Lipinski definition) is 2. The molecule has 0 heterocycles. The van der Waals surface area contributed by atoms with Crippen LogP contribution in [0.25, 0.3) is 0 Å². The smallest absolute Gasteiger partial charge is 0.223 e. The summed E-state index contributed by atoms with van der Waals surface area (Å²) in [6.45, 7) is 8.81. The molecule has 1 amide bonds. The predicted octanol–water partition coefficient (Wildman–Crippen LogP) is 2.55. The first-order chi connectivity index (χ1) is 8.34. The summed E-state index contributed by atoms with van der Waals surface area (Å²) in [4.78, 5) is 11.7. The molecule has 1 rings (SSSR count). The molecule has 0 saturated heterocycles. The van der Waals surface area contributed by atoms with Crippen LogP contribution < -0.4 is 11.1 Å². The van der Waals surface area contributed by atoms with Gasteiger partial charge in [-0.2, -0.15) is 0 Å². The molecule has 3 N–H and O–H groups in total. The van der Waals surface area contributed by atoms with Gasteiger partial charge in [-0.15, -0.1) is 0 Å². The van der Waals surface area contributed by atoms with E-state index < -0.39 is 0 Å². The van der Waals surface area contributed by atoms with Crippen LogP contribution in [0.3, 0.4) is 0 Å². The summed E-state index contributed by atoms with van der Waals surface area (Å²) in [5, 5.41) is 3.47. The molecular formula is C15H30N2O. The molecule has 1 saturated carbocycles. The second kappa shape index (κ2) is 6.05. The van der Waals surface area contributed by atoms with Crippen LogP contribution in [0.15, 0.2) is 0 Å². The van der Waals surface area contributed by atoms with E-state index in [-0.39, 0.29) is 11.3 Å². The highest BCUT2D eigenvalue weighted by atomic mass is 16.1.